The fourth-order valence-electron chi connectivity index (χ4n) is 4.52. The predicted molar refractivity (Wildman–Crippen MR) is 50.9 cm³/mol. The monoisotopic (exact) mass is 198 g/mol. The van der Waals surface area contributed by atoms with Gasteiger partial charge >= 0.3 is 0 Å². The lowest BCUT2D eigenvalue weighted by Gasteiger charge is -2.55. The number of hydrogen-bond donors (Lipinski definition) is 0. The normalized spacial score (nSPS) is 51.3. The molecule has 0 aromatic heterocycles. The third-order valence-electron chi connectivity index (χ3n) is 4.64. The Morgan fingerprint density at radius 2 is 1.43 bits per heavy atom. The Bertz CT molecular complexity index is 245. The zero-order chi connectivity index (χ0) is 9.76. The molecule has 4 rings (SSSR count). The van der Waals surface area contributed by atoms with Crippen LogP contribution in [0.25, 0.3) is 0 Å². The molecule has 0 unspecified atom stereocenters. The van der Waals surface area contributed by atoms with E-state index in [4.69, 9.17) is 0 Å². The maximum absolute atomic E-state index is 13.6. The van der Waals surface area contributed by atoms with Crippen molar-refractivity contribution in [2.45, 2.75) is 38.5 Å². The summed E-state index contributed by atoms with van der Waals surface area (Å²) >= 11 is 0. The van der Waals surface area contributed by atoms with Crippen molar-refractivity contribution in [1.82, 2.24) is 0 Å². The summed E-state index contributed by atoms with van der Waals surface area (Å²) in [5.41, 5.74) is -0.372. The molecule has 0 amide bonds. The quantitative estimate of drug-likeness (QED) is 0.597. The molecule has 0 nitrogen and oxygen atoms in total. The molecule has 0 atom stereocenters. The summed E-state index contributed by atoms with van der Waals surface area (Å²) in [4.78, 5) is 0. The number of halogens is 2. The summed E-state index contributed by atoms with van der Waals surface area (Å²) in [5.74, 6) is 1.60. The average molecular weight is 198 g/mol. The van der Waals surface area contributed by atoms with Gasteiger partial charge in [0.2, 0.25) is 0 Å². The molecule has 4 saturated carbocycles. The van der Waals surface area contributed by atoms with Gasteiger partial charge in [0.05, 0.1) is 0 Å². The lowest BCUT2D eigenvalue weighted by Crippen LogP contribution is -2.46. The Morgan fingerprint density at radius 3 is 1.79 bits per heavy atom. The molecular weight excluding hydrogens is 182 g/mol. The lowest BCUT2D eigenvalue weighted by molar-refractivity contribution is -0.0425. The van der Waals surface area contributed by atoms with Gasteiger partial charge in [-0.3, -0.25) is 0 Å². The van der Waals surface area contributed by atoms with E-state index in [9.17, 15) is 8.78 Å². The minimum atomic E-state index is -0.461. The number of rotatable bonds is 1. The van der Waals surface area contributed by atoms with Gasteiger partial charge in [-0.05, 0) is 56.3 Å². The van der Waals surface area contributed by atoms with Crippen LogP contribution >= 0.6 is 0 Å². The van der Waals surface area contributed by atoms with E-state index in [0.717, 1.165) is 19.3 Å². The number of hydrogen-bond acceptors (Lipinski definition) is 0. The van der Waals surface area contributed by atoms with Crippen LogP contribution in [0.1, 0.15) is 38.5 Å². The van der Waals surface area contributed by atoms with Crippen LogP contribution < -0.4 is 0 Å². The maximum atomic E-state index is 13.6. The van der Waals surface area contributed by atoms with E-state index in [-0.39, 0.29) is 11.7 Å². The van der Waals surface area contributed by atoms with E-state index in [2.05, 4.69) is 0 Å². The van der Waals surface area contributed by atoms with Crippen LogP contribution in [0.3, 0.4) is 0 Å². The molecule has 0 saturated heterocycles. The summed E-state index contributed by atoms with van der Waals surface area (Å²) in [5, 5.41) is 0. The van der Waals surface area contributed by atoms with Gasteiger partial charge in [0.15, 0.2) is 0 Å². The molecule has 0 aromatic rings. The second-order valence-corrected chi connectivity index (χ2v) is 5.65. The highest BCUT2D eigenvalue weighted by molar-refractivity contribution is 5.14. The summed E-state index contributed by atoms with van der Waals surface area (Å²) in [6, 6.07) is 0. The molecule has 0 N–H and O–H groups in total. The van der Waals surface area contributed by atoms with Gasteiger partial charge in [0.25, 0.3) is 0 Å². The van der Waals surface area contributed by atoms with Gasteiger partial charge in [-0.25, -0.2) is 8.78 Å². The van der Waals surface area contributed by atoms with Crippen LogP contribution in [-0.4, -0.2) is 0 Å². The van der Waals surface area contributed by atoms with E-state index in [0.29, 0.717) is 17.8 Å². The Morgan fingerprint density at radius 1 is 1.00 bits per heavy atom. The van der Waals surface area contributed by atoms with E-state index in [1.54, 1.807) is 0 Å². The van der Waals surface area contributed by atoms with Crippen molar-refractivity contribution < 1.29 is 8.78 Å². The standard InChI is InChI=1S/C12H16F2/c13-7-11(14)12-4-8-1-9(5-12)3-10(2-8)6-12/h7-10H,1-6H2/b11-7-. The van der Waals surface area contributed by atoms with Crippen molar-refractivity contribution in [2.24, 2.45) is 23.2 Å². The highest BCUT2D eigenvalue weighted by atomic mass is 19.2. The van der Waals surface area contributed by atoms with Crippen molar-refractivity contribution in [2.75, 3.05) is 0 Å². The third kappa shape index (κ3) is 1.09. The molecule has 2 heteroatoms. The van der Waals surface area contributed by atoms with Gasteiger partial charge < -0.3 is 0 Å². The summed E-state index contributed by atoms with van der Waals surface area (Å²) in [7, 11) is 0. The SMILES string of the molecule is F/C=C(\F)C12CC3CC(CC(C3)C1)C2. The second kappa shape index (κ2) is 2.80. The van der Waals surface area contributed by atoms with Crippen molar-refractivity contribution in [3.8, 4) is 0 Å². The topological polar surface area (TPSA) is 0 Å². The van der Waals surface area contributed by atoms with Crippen LogP contribution in [0.2, 0.25) is 0 Å². The Hall–Kier alpha value is -0.400. The van der Waals surface area contributed by atoms with Crippen molar-refractivity contribution >= 4 is 0 Å². The minimum Gasteiger partial charge on any atom is -0.213 e. The maximum Gasteiger partial charge on any atom is 0.134 e. The zero-order valence-electron chi connectivity index (χ0n) is 8.31. The van der Waals surface area contributed by atoms with Crippen molar-refractivity contribution in [1.29, 1.82) is 0 Å². The summed E-state index contributed by atoms with van der Waals surface area (Å²) in [6.45, 7) is 0. The molecule has 0 aliphatic heterocycles. The van der Waals surface area contributed by atoms with Crippen LogP contribution in [0.15, 0.2) is 12.2 Å². The van der Waals surface area contributed by atoms with E-state index < -0.39 is 5.83 Å². The minimum absolute atomic E-state index is 0.215. The third-order valence-corrected chi connectivity index (χ3v) is 4.64. The van der Waals surface area contributed by atoms with Crippen molar-refractivity contribution in [3.63, 3.8) is 0 Å². The number of allylic oxidation sites excluding steroid dienone is 1. The van der Waals surface area contributed by atoms with Crippen LogP contribution in [0.4, 0.5) is 8.78 Å². The molecular formula is C12H16F2. The largest absolute Gasteiger partial charge is 0.213 e. The smallest absolute Gasteiger partial charge is 0.134 e. The molecule has 0 radical (unpaired) electrons. The Balaban J connectivity index is 1.94. The molecule has 4 aliphatic carbocycles. The van der Waals surface area contributed by atoms with E-state index >= 15 is 0 Å². The second-order valence-electron chi connectivity index (χ2n) is 5.65. The van der Waals surface area contributed by atoms with Gasteiger partial charge in [0, 0.05) is 5.41 Å². The first-order valence-corrected chi connectivity index (χ1v) is 5.68. The molecule has 0 aromatic carbocycles. The highest BCUT2D eigenvalue weighted by Gasteiger charge is 2.53. The lowest BCUT2D eigenvalue weighted by atomic mass is 9.49. The highest BCUT2D eigenvalue weighted by Crippen LogP contribution is 2.62. The fraction of sp³-hybridized carbons (Fsp3) is 0.833. The fourth-order valence-corrected chi connectivity index (χ4v) is 4.52. The summed E-state index contributed by atoms with van der Waals surface area (Å²) < 4.78 is 25.9. The predicted octanol–water partition coefficient (Wildman–Crippen LogP) is 3.98. The first kappa shape index (κ1) is 8.87. The zero-order valence-corrected chi connectivity index (χ0v) is 8.31. The molecule has 14 heavy (non-hydrogen) atoms. The van der Waals surface area contributed by atoms with Gasteiger partial charge in [-0.1, -0.05) is 0 Å². The van der Waals surface area contributed by atoms with Crippen LogP contribution in [0.5, 0.6) is 0 Å². The Labute approximate surface area is 83.4 Å². The molecule has 78 valence electrons. The first-order valence-electron chi connectivity index (χ1n) is 5.68. The summed E-state index contributed by atoms with van der Waals surface area (Å²) in [6.07, 6.45) is 6.77. The Kier molecular flexibility index (Phi) is 1.78. The first-order chi connectivity index (χ1) is 6.72. The van der Waals surface area contributed by atoms with E-state index in [1.165, 1.54) is 19.3 Å². The van der Waals surface area contributed by atoms with E-state index in [1.807, 2.05) is 0 Å². The average Bonchev–Trinajstić information content (AvgIpc) is 2.14. The molecule has 4 fully saturated rings. The van der Waals surface area contributed by atoms with Gasteiger partial charge in [-0.2, -0.15) is 0 Å². The molecule has 4 bridgehead atoms. The molecule has 0 spiro atoms. The van der Waals surface area contributed by atoms with Crippen molar-refractivity contribution in [3.05, 3.63) is 12.2 Å². The van der Waals surface area contributed by atoms with Crippen LogP contribution in [-0.2, 0) is 0 Å². The van der Waals surface area contributed by atoms with Crippen LogP contribution in [0, 0.1) is 23.2 Å². The van der Waals surface area contributed by atoms with Gasteiger partial charge in [0.1, 0.15) is 12.2 Å². The molecule has 4 aliphatic rings. The molecule has 0 heterocycles. The van der Waals surface area contributed by atoms with Gasteiger partial charge in [-0.15, -0.1) is 0 Å².